The Labute approximate surface area is 47.5 Å². The molecule has 0 radical (unpaired) electrons. The quantitative estimate of drug-likeness (QED) is 0.451. The first-order chi connectivity index (χ1) is 1.41. The van der Waals surface area contributed by atoms with Gasteiger partial charge < -0.3 is 5.41 Å². The van der Waals surface area contributed by atoms with Crippen molar-refractivity contribution in [2.45, 2.75) is 0 Å². The third-order valence-corrected chi connectivity index (χ3v) is 0. The number of rotatable bonds is 0. The molecule has 0 aliphatic heterocycles. The molecule has 20 valence electrons. The van der Waals surface area contributed by atoms with E-state index in [0.717, 1.165) is 0 Å². The summed E-state index contributed by atoms with van der Waals surface area (Å²) in [5, 5.41) is 6.76. The SMILES string of the molecule is [N-]=C=O.[U]. The number of isocyanates is 1. The number of hydrogen-bond donors (Lipinski definition) is 0. The van der Waals surface area contributed by atoms with Crippen LogP contribution in [0.1, 0.15) is 0 Å². The predicted molar refractivity (Wildman–Crippen MR) is 9.05 cm³/mol. The Bertz CT molecular complexity index is 29.0. The normalized spacial score (nSPS) is 2.00. The Morgan fingerprint density at radius 1 is 1.75 bits per heavy atom. The molecule has 0 atom stereocenters. The van der Waals surface area contributed by atoms with Gasteiger partial charge in [-0.25, -0.2) is 0 Å². The van der Waals surface area contributed by atoms with Gasteiger partial charge in [-0.1, -0.05) is 0 Å². The van der Waals surface area contributed by atoms with Crippen LogP contribution in [0.25, 0.3) is 5.41 Å². The molecule has 0 saturated carbocycles. The van der Waals surface area contributed by atoms with Gasteiger partial charge in [0, 0.05) is 31.1 Å². The van der Waals surface area contributed by atoms with Crippen molar-refractivity contribution < 1.29 is 35.9 Å². The van der Waals surface area contributed by atoms with Crippen molar-refractivity contribution in [1.82, 2.24) is 0 Å². The fourth-order valence-corrected chi connectivity index (χ4v) is 0. The zero-order valence-corrected chi connectivity index (χ0v) is 6.02. The second kappa shape index (κ2) is 9.90. The molecule has 0 N–H and O–H groups in total. The Balaban J connectivity index is 0. The van der Waals surface area contributed by atoms with Gasteiger partial charge in [-0.15, -0.1) is 0 Å². The minimum absolute atomic E-state index is 0. The third kappa shape index (κ3) is 26.7. The molecule has 0 saturated heterocycles. The van der Waals surface area contributed by atoms with E-state index in [1.807, 2.05) is 0 Å². The summed E-state index contributed by atoms with van der Waals surface area (Å²) in [7, 11) is 0. The first kappa shape index (κ1) is 8.83. The van der Waals surface area contributed by atoms with Crippen molar-refractivity contribution in [2.75, 3.05) is 0 Å². The molecule has 0 aliphatic rings. The van der Waals surface area contributed by atoms with Gasteiger partial charge in [0.2, 0.25) is 0 Å². The maximum Gasteiger partial charge on any atom is 0 e. The molecule has 3 heteroatoms. The van der Waals surface area contributed by atoms with Crippen molar-refractivity contribution in [3.05, 3.63) is 5.41 Å². The van der Waals surface area contributed by atoms with Gasteiger partial charge in [0.25, 0.3) is 0 Å². The molecule has 0 bridgehead atoms. The topological polar surface area (TPSA) is 39.4 Å². The number of hydrogen-bond acceptors (Lipinski definition) is 1. The fraction of sp³-hybridized carbons (Fsp3) is 0. The van der Waals surface area contributed by atoms with Crippen LogP contribution in [0.2, 0.25) is 0 Å². The molecule has 0 amide bonds. The van der Waals surface area contributed by atoms with Crippen LogP contribution in [-0.4, -0.2) is 6.08 Å². The zero-order valence-electron chi connectivity index (χ0n) is 1.86. The fourth-order valence-electron chi connectivity index (χ4n) is 0. The maximum atomic E-state index is 8.24. The van der Waals surface area contributed by atoms with Gasteiger partial charge in [0.05, 0.1) is 0 Å². The van der Waals surface area contributed by atoms with Gasteiger partial charge >= 0.3 is 0 Å². The molecule has 2 nitrogen and oxygen atoms in total. The summed E-state index contributed by atoms with van der Waals surface area (Å²) in [5.74, 6) is 0. The minimum Gasteiger partial charge on any atom is -0.724 e. The second-order valence-corrected chi connectivity index (χ2v) is 0.0913. The first-order valence-electron chi connectivity index (χ1n) is 0.428. The summed E-state index contributed by atoms with van der Waals surface area (Å²) in [5.41, 5.74) is 0. The Morgan fingerprint density at radius 2 is 1.75 bits per heavy atom. The van der Waals surface area contributed by atoms with E-state index in [2.05, 4.69) is 0 Å². The van der Waals surface area contributed by atoms with Gasteiger partial charge in [0.1, 0.15) is 0 Å². The van der Waals surface area contributed by atoms with Crippen LogP contribution in [0.4, 0.5) is 0 Å². The van der Waals surface area contributed by atoms with E-state index in [4.69, 9.17) is 10.2 Å². The second-order valence-electron chi connectivity index (χ2n) is 0.0913. The number of carbonyl (C=O) groups excluding carboxylic acids is 1. The summed E-state index contributed by atoms with van der Waals surface area (Å²) in [6.07, 6.45) is 0.500. The molecule has 0 unspecified atom stereocenters. The van der Waals surface area contributed by atoms with Crippen molar-refractivity contribution in [1.29, 1.82) is 0 Å². The predicted octanol–water partition coefficient (Wildman–Crippen LogP) is -0.108. The molecule has 4 heavy (non-hydrogen) atoms. The Morgan fingerprint density at radius 3 is 1.75 bits per heavy atom. The largest absolute Gasteiger partial charge is 0.724 e. The van der Waals surface area contributed by atoms with E-state index in [0.29, 0.717) is 6.08 Å². The summed E-state index contributed by atoms with van der Waals surface area (Å²) in [4.78, 5) is 8.24. The summed E-state index contributed by atoms with van der Waals surface area (Å²) >= 11 is 0. The van der Waals surface area contributed by atoms with Crippen LogP contribution in [-0.2, 0) is 4.79 Å². The molecule has 0 rings (SSSR count). The van der Waals surface area contributed by atoms with Crippen molar-refractivity contribution in [2.24, 2.45) is 0 Å². The van der Waals surface area contributed by atoms with Crippen molar-refractivity contribution in [3.63, 3.8) is 0 Å². The van der Waals surface area contributed by atoms with Crippen LogP contribution in [0.5, 0.6) is 0 Å². The van der Waals surface area contributed by atoms with Crippen LogP contribution in [0.15, 0.2) is 0 Å². The molecule has 0 heterocycles. The van der Waals surface area contributed by atoms with E-state index in [-0.39, 0.29) is 31.1 Å². The standard InChI is InChI=1S/CNO.U/c2-1-3;/q-1;. The molecule has 0 fully saturated rings. The van der Waals surface area contributed by atoms with E-state index in [9.17, 15) is 0 Å². The van der Waals surface area contributed by atoms with E-state index < -0.39 is 0 Å². The summed E-state index contributed by atoms with van der Waals surface area (Å²) < 4.78 is 0. The zero-order chi connectivity index (χ0) is 2.71. The van der Waals surface area contributed by atoms with Crippen LogP contribution in [0, 0.1) is 31.1 Å². The third-order valence-electron chi connectivity index (χ3n) is 0. The van der Waals surface area contributed by atoms with Crippen molar-refractivity contribution >= 4 is 6.08 Å². The molecule has 0 spiro atoms. The number of nitrogens with zero attached hydrogens (tertiary/aromatic N) is 1. The molecule has 0 aromatic carbocycles. The van der Waals surface area contributed by atoms with Crippen LogP contribution < -0.4 is 0 Å². The maximum absolute atomic E-state index is 8.24. The molecular formula is CNOU-. The van der Waals surface area contributed by atoms with Crippen LogP contribution >= 0.6 is 0 Å². The van der Waals surface area contributed by atoms with E-state index in [1.165, 1.54) is 0 Å². The summed E-state index contributed by atoms with van der Waals surface area (Å²) in [6.45, 7) is 0. The van der Waals surface area contributed by atoms with E-state index >= 15 is 0 Å². The van der Waals surface area contributed by atoms with Crippen molar-refractivity contribution in [3.8, 4) is 0 Å². The summed E-state index contributed by atoms with van der Waals surface area (Å²) in [6, 6.07) is 0. The van der Waals surface area contributed by atoms with Gasteiger partial charge in [-0.2, -0.15) is 0 Å². The van der Waals surface area contributed by atoms with Gasteiger partial charge in [-0.3, -0.25) is 4.79 Å². The molecular weight excluding hydrogens is 280 g/mol. The Kier molecular flexibility index (Phi) is 21.8. The average Bonchev–Trinajstić information content (AvgIpc) is 0.918. The van der Waals surface area contributed by atoms with Gasteiger partial charge in [-0.05, 0) is 6.08 Å². The molecule has 0 aromatic rings. The average molecular weight is 280 g/mol. The Hall–Kier alpha value is 0.432. The first-order valence-corrected chi connectivity index (χ1v) is 0.428. The van der Waals surface area contributed by atoms with E-state index in [1.54, 1.807) is 0 Å². The molecule has 0 aromatic heterocycles. The van der Waals surface area contributed by atoms with Crippen LogP contribution in [0.3, 0.4) is 0 Å². The monoisotopic (exact) mass is 280 g/mol. The molecule has 0 aliphatic carbocycles. The smallest absolute Gasteiger partial charge is 0 e. The van der Waals surface area contributed by atoms with Gasteiger partial charge in [0.15, 0.2) is 0 Å². The minimum atomic E-state index is 0.